The molecule has 6 rings (SSSR count). The van der Waals surface area contributed by atoms with Gasteiger partial charge in [0.15, 0.2) is 4.21 Å². The van der Waals surface area contributed by atoms with Crippen LogP contribution in [0.15, 0.2) is 81.9 Å². The summed E-state index contributed by atoms with van der Waals surface area (Å²) >= 11 is 13.9. The molecule has 0 radical (unpaired) electrons. The van der Waals surface area contributed by atoms with Crippen molar-refractivity contribution in [3.8, 4) is 0 Å². The van der Waals surface area contributed by atoms with Crippen molar-refractivity contribution in [3.63, 3.8) is 0 Å². The van der Waals surface area contributed by atoms with Crippen LogP contribution in [-0.2, 0) is 19.1 Å². The lowest BCUT2D eigenvalue weighted by Crippen LogP contribution is -2.47. The lowest BCUT2D eigenvalue weighted by atomic mass is 9.84. The first-order chi connectivity index (χ1) is 21.3. The number of sulfonamides is 1. The summed E-state index contributed by atoms with van der Waals surface area (Å²) < 4.78 is 55.5. The molecule has 0 bridgehead atoms. The van der Waals surface area contributed by atoms with Crippen molar-refractivity contribution in [2.24, 2.45) is 0 Å². The monoisotopic (exact) mass is 723 g/mol. The number of piperazine rings is 1. The number of rotatable bonds is 7. The first-order valence-electron chi connectivity index (χ1n) is 14.5. The number of nitrogens with zero attached hydrogens (tertiary/aromatic N) is 3. The summed E-state index contributed by atoms with van der Waals surface area (Å²) in [6.07, 6.45) is 0. The van der Waals surface area contributed by atoms with E-state index in [1.807, 2.05) is 35.2 Å². The molecule has 7 nitrogen and oxygen atoms in total. The molecule has 3 aromatic carbocycles. The Hall–Kier alpha value is -2.31. The molecule has 2 atom stereocenters. The van der Waals surface area contributed by atoms with Gasteiger partial charge in [0.05, 0.1) is 14.9 Å². The molecule has 2 aliphatic heterocycles. The maximum atomic E-state index is 13.9. The Morgan fingerprint density at radius 1 is 0.778 bits per heavy atom. The van der Waals surface area contributed by atoms with Crippen molar-refractivity contribution in [2.75, 3.05) is 49.1 Å². The van der Waals surface area contributed by atoms with E-state index in [0.717, 1.165) is 22.6 Å². The Labute approximate surface area is 283 Å². The van der Waals surface area contributed by atoms with Gasteiger partial charge in [-0.25, -0.2) is 16.8 Å². The van der Waals surface area contributed by atoms with E-state index in [4.69, 9.17) is 33.9 Å². The molecule has 0 spiro atoms. The second kappa shape index (κ2) is 12.7. The lowest BCUT2D eigenvalue weighted by Gasteiger charge is -2.39. The van der Waals surface area contributed by atoms with Crippen LogP contribution < -0.4 is 9.80 Å². The fourth-order valence-corrected chi connectivity index (χ4v) is 11.1. The van der Waals surface area contributed by atoms with Gasteiger partial charge < -0.3 is 9.80 Å². The Bertz CT molecular complexity index is 1930. The minimum Gasteiger partial charge on any atom is -0.368 e. The number of benzene rings is 3. The number of hydrogen-bond acceptors (Lipinski definition) is 7. The summed E-state index contributed by atoms with van der Waals surface area (Å²) in [6.45, 7) is 6.91. The van der Waals surface area contributed by atoms with E-state index in [-0.39, 0.29) is 28.1 Å². The largest absolute Gasteiger partial charge is 0.368 e. The van der Waals surface area contributed by atoms with E-state index >= 15 is 0 Å². The standard InChI is InChI=1S/C32H32Cl3N3O4S3/c1-21-8-9-22(2)28(18-21)36-14-16-37(17-15-36)30-29(31(34)43-32(30)44(35,39)40)27-20-38(19-26(27)23-6-4-3-5-7-23)45(41,42)25-12-10-24(33)11-13-25/h3-13,18,26-27H,14-17,19-20H2,1-2H3/t26-,27+/m1/s1. The average molecular weight is 725 g/mol. The number of aryl methyl sites for hydroxylation is 2. The SMILES string of the molecule is Cc1ccc(C)c(N2CCN(c3c(S(=O)(=O)Cl)sc(Cl)c3[C@H]3CN(S(=O)(=O)c4ccc(Cl)cc4)C[C@@H]3c3ccccc3)CC2)c1. The zero-order valence-electron chi connectivity index (χ0n) is 24.7. The highest BCUT2D eigenvalue weighted by atomic mass is 35.7. The smallest absolute Gasteiger partial charge is 0.272 e. The minimum absolute atomic E-state index is 0.00447. The number of anilines is 2. The van der Waals surface area contributed by atoms with Gasteiger partial charge in [0, 0.05) is 78.1 Å². The van der Waals surface area contributed by atoms with Crippen molar-refractivity contribution in [3.05, 3.63) is 104 Å². The molecule has 4 aromatic rings. The molecule has 1 aromatic heterocycles. The molecule has 0 aliphatic carbocycles. The van der Waals surface area contributed by atoms with Crippen molar-refractivity contribution in [2.45, 2.75) is 34.8 Å². The number of thiophene rings is 1. The molecule has 238 valence electrons. The molecule has 2 saturated heterocycles. The Morgan fingerprint density at radius 3 is 2.04 bits per heavy atom. The summed E-state index contributed by atoms with van der Waals surface area (Å²) in [5, 5.41) is 0.442. The molecule has 2 aliphatic rings. The zero-order valence-corrected chi connectivity index (χ0v) is 29.4. The van der Waals surface area contributed by atoms with Crippen LogP contribution in [0.5, 0.6) is 0 Å². The Morgan fingerprint density at radius 2 is 1.40 bits per heavy atom. The second-order valence-electron chi connectivity index (χ2n) is 11.5. The first kappa shape index (κ1) is 32.6. The molecule has 45 heavy (non-hydrogen) atoms. The molecule has 0 saturated carbocycles. The van der Waals surface area contributed by atoms with Crippen LogP contribution >= 0.6 is 45.2 Å². The van der Waals surface area contributed by atoms with Crippen LogP contribution in [0.25, 0.3) is 0 Å². The van der Waals surface area contributed by atoms with Gasteiger partial charge in [-0.15, -0.1) is 11.3 Å². The fraction of sp³-hybridized carbons (Fsp3) is 0.312. The predicted octanol–water partition coefficient (Wildman–Crippen LogP) is 7.50. The van der Waals surface area contributed by atoms with Gasteiger partial charge in [-0.2, -0.15) is 4.31 Å². The van der Waals surface area contributed by atoms with E-state index in [9.17, 15) is 16.8 Å². The van der Waals surface area contributed by atoms with Crippen molar-refractivity contribution < 1.29 is 16.8 Å². The maximum absolute atomic E-state index is 13.9. The van der Waals surface area contributed by atoms with Gasteiger partial charge in [0.2, 0.25) is 10.0 Å². The van der Waals surface area contributed by atoms with Crippen LogP contribution in [0.3, 0.4) is 0 Å². The molecule has 0 N–H and O–H groups in total. The van der Waals surface area contributed by atoms with Gasteiger partial charge in [0.1, 0.15) is 0 Å². The summed E-state index contributed by atoms with van der Waals surface area (Å²) in [6, 6.07) is 22.2. The molecule has 3 heterocycles. The summed E-state index contributed by atoms with van der Waals surface area (Å²) in [7, 11) is -1.99. The quantitative estimate of drug-likeness (QED) is 0.184. The Balaban J connectivity index is 1.41. The fourth-order valence-electron chi connectivity index (χ4n) is 6.45. The van der Waals surface area contributed by atoms with Crippen molar-refractivity contribution in [1.82, 2.24) is 4.31 Å². The van der Waals surface area contributed by atoms with Crippen molar-refractivity contribution in [1.29, 1.82) is 0 Å². The molecule has 0 unspecified atom stereocenters. The Kier molecular flexibility index (Phi) is 9.22. The van der Waals surface area contributed by atoms with Gasteiger partial charge in [-0.3, -0.25) is 0 Å². The average Bonchev–Trinajstić information content (AvgIpc) is 3.61. The second-order valence-corrected chi connectivity index (χ2v) is 18.3. The van der Waals surface area contributed by atoms with Gasteiger partial charge >= 0.3 is 0 Å². The van der Waals surface area contributed by atoms with E-state index in [2.05, 4.69) is 36.9 Å². The zero-order chi connectivity index (χ0) is 32.1. The molecule has 2 fully saturated rings. The van der Waals surface area contributed by atoms with Crippen LogP contribution in [0.4, 0.5) is 11.4 Å². The van der Waals surface area contributed by atoms with Gasteiger partial charge in [-0.05, 0) is 60.9 Å². The van der Waals surface area contributed by atoms with Crippen LogP contribution in [-0.4, -0.2) is 60.4 Å². The van der Waals surface area contributed by atoms with Crippen LogP contribution in [0, 0.1) is 13.8 Å². The van der Waals surface area contributed by atoms with Crippen LogP contribution in [0.1, 0.15) is 34.1 Å². The van der Waals surface area contributed by atoms with Crippen LogP contribution in [0.2, 0.25) is 9.36 Å². The number of halogens is 3. The molecular formula is C32H32Cl3N3O4S3. The highest BCUT2D eigenvalue weighted by Gasteiger charge is 2.45. The number of hydrogen-bond donors (Lipinski definition) is 0. The third-order valence-electron chi connectivity index (χ3n) is 8.70. The van der Waals surface area contributed by atoms with E-state index in [0.29, 0.717) is 46.8 Å². The topological polar surface area (TPSA) is 78.0 Å². The highest BCUT2D eigenvalue weighted by Crippen LogP contribution is 2.53. The summed E-state index contributed by atoms with van der Waals surface area (Å²) in [4.78, 5) is 4.50. The highest BCUT2D eigenvalue weighted by molar-refractivity contribution is 8.15. The van der Waals surface area contributed by atoms with E-state index in [1.54, 1.807) is 12.1 Å². The molecule has 0 amide bonds. The third-order valence-corrected chi connectivity index (χ3v) is 14.3. The first-order valence-corrected chi connectivity index (χ1v) is 19.8. The van der Waals surface area contributed by atoms with Gasteiger partial charge in [0.25, 0.3) is 9.05 Å². The van der Waals surface area contributed by atoms with E-state index in [1.165, 1.54) is 27.6 Å². The lowest BCUT2D eigenvalue weighted by molar-refractivity contribution is 0.470. The van der Waals surface area contributed by atoms with E-state index < -0.39 is 25.0 Å². The molecule has 13 heteroatoms. The normalized spacial score (nSPS) is 19.8. The summed E-state index contributed by atoms with van der Waals surface area (Å²) in [5.74, 6) is -0.696. The maximum Gasteiger partial charge on any atom is 0.272 e. The van der Waals surface area contributed by atoms with Crippen molar-refractivity contribution >= 4 is 75.7 Å². The third kappa shape index (κ3) is 6.48. The predicted molar refractivity (Wildman–Crippen MR) is 185 cm³/mol. The summed E-state index contributed by atoms with van der Waals surface area (Å²) in [5.41, 5.74) is 5.56. The molecular weight excluding hydrogens is 693 g/mol. The minimum atomic E-state index is -4.16. The van der Waals surface area contributed by atoms with Gasteiger partial charge in [-0.1, -0.05) is 65.7 Å².